The van der Waals surface area contributed by atoms with Gasteiger partial charge in [0.1, 0.15) is 21.6 Å². The van der Waals surface area contributed by atoms with Gasteiger partial charge >= 0.3 is 0 Å². The van der Waals surface area contributed by atoms with Crippen LogP contribution in [0.5, 0.6) is 5.75 Å². The van der Waals surface area contributed by atoms with Crippen LogP contribution in [-0.2, 0) is 6.61 Å². The lowest BCUT2D eigenvalue weighted by Gasteiger charge is -2.09. The van der Waals surface area contributed by atoms with Gasteiger partial charge in [0.15, 0.2) is 5.43 Å². The second-order valence-corrected chi connectivity index (χ2v) is 9.83. The third-order valence-electron chi connectivity index (χ3n) is 5.12. The summed E-state index contributed by atoms with van der Waals surface area (Å²) in [6.07, 6.45) is 0. The number of hydrogen-bond acceptors (Lipinski definition) is 5. The molecule has 1 N–H and O–H groups in total. The zero-order valence-electron chi connectivity index (χ0n) is 20.3. The summed E-state index contributed by atoms with van der Waals surface area (Å²) in [5.41, 5.74) is 5.99. The van der Waals surface area contributed by atoms with E-state index in [1.807, 2.05) is 92.7 Å². The van der Waals surface area contributed by atoms with Gasteiger partial charge in [-0.1, -0.05) is 42.5 Å². The summed E-state index contributed by atoms with van der Waals surface area (Å²) in [6, 6.07) is 28.4. The predicted molar refractivity (Wildman–Crippen MR) is 153 cm³/mol. The largest absolute Gasteiger partial charge is 0.489 e. The smallest absolute Gasteiger partial charge is 0.182 e. The van der Waals surface area contributed by atoms with Gasteiger partial charge in [0, 0.05) is 35.7 Å². The molecule has 0 radical (unpaired) electrons. The SMILES string of the molecule is Cc1cc(=O)cc(-c2cccc(Br)n2)[nH]1.Cc1cc(OCc2ccccc2)cc(-c2cccc(Br)n2)n1. The van der Waals surface area contributed by atoms with E-state index < -0.39 is 0 Å². The topological polar surface area (TPSA) is 80.8 Å². The van der Waals surface area contributed by atoms with Gasteiger partial charge in [-0.3, -0.25) is 9.78 Å². The molecule has 6 nitrogen and oxygen atoms in total. The van der Waals surface area contributed by atoms with E-state index in [1.165, 1.54) is 0 Å². The lowest BCUT2D eigenvalue weighted by atomic mass is 10.2. The summed E-state index contributed by atoms with van der Waals surface area (Å²) < 4.78 is 7.43. The van der Waals surface area contributed by atoms with Gasteiger partial charge in [0.05, 0.1) is 22.8 Å². The lowest BCUT2D eigenvalue weighted by molar-refractivity contribution is 0.306. The van der Waals surface area contributed by atoms with Crippen molar-refractivity contribution >= 4 is 31.9 Å². The number of nitrogens with zero attached hydrogens (tertiary/aromatic N) is 3. The summed E-state index contributed by atoms with van der Waals surface area (Å²) in [5.74, 6) is 0.799. The first-order valence-electron chi connectivity index (χ1n) is 11.5. The average Bonchev–Trinajstić information content (AvgIpc) is 2.88. The van der Waals surface area contributed by atoms with Crippen LogP contribution in [0, 0.1) is 13.8 Å². The fourth-order valence-electron chi connectivity index (χ4n) is 3.52. The minimum absolute atomic E-state index is 0.0111. The van der Waals surface area contributed by atoms with Crippen LogP contribution in [-0.4, -0.2) is 19.9 Å². The first-order valence-corrected chi connectivity index (χ1v) is 13.1. The zero-order valence-corrected chi connectivity index (χ0v) is 23.5. The second kappa shape index (κ2) is 12.6. The Morgan fingerprint density at radius 3 is 2.08 bits per heavy atom. The summed E-state index contributed by atoms with van der Waals surface area (Å²) >= 11 is 6.68. The fraction of sp³-hybridized carbons (Fsp3) is 0.103. The van der Waals surface area contributed by atoms with Crippen molar-refractivity contribution in [2.24, 2.45) is 0 Å². The Morgan fingerprint density at radius 1 is 0.730 bits per heavy atom. The van der Waals surface area contributed by atoms with E-state index in [1.54, 1.807) is 12.1 Å². The number of benzene rings is 1. The van der Waals surface area contributed by atoms with Crippen molar-refractivity contribution in [2.75, 3.05) is 0 Å². The quantitative estimate of drug-likeness (QED) is 0.209. The van der Waals surface area contributed by atoms with Crippen molar-refractivity contribution in [3.8, 4) is 28.5 Å². The molecule has 5 rings (SSSR count). The van der Waals surface area contributed by atoms with Gasteiger partial charge < -0.3 is 9.72 Å². The molecule has 1 aromatic carbocycles. The van der Waals surface area contributed by atoms with Crippen LogP contribution in [0.4, 0.5) is 0 Å². The van der Waals surface area contributed by atoms with Crippen LogP contribution in [0.15, 0.2) is 105 Å². The number of rotatable bonds is 5. The minimum atomic E-state index is -0.0111. The summed E-state index contributed by atoms with van der Waals surface area (Å²) in [4.78, 5) is 27.7. The predicted octanol–water partition coefficient (Wildman–Crippen LogP) is 7.30. The molecule has 0 aliphatic heterocycles. The number of aryl methyl sites for hydroxylation is 2. The van der Waals surface area contributed by atoms with Gasteiger partial charge in [0.2, 0.25) is 0 Å². The third kappa shape index (κ3) is 7.93. The molecule has 0 saturated carbocycles. The number of halogens is 2. The van der Waals surface area contributed by atoms with Crippen molar-refractivity contribution in [3.63, 3.8) is 0 Å². The number of H-pyrrole nitrogens is 1. The molecule has 0 unspecified atom stereocenters. The Balaban J connectivity index is 0.000000186. The van der Waals surface area contributed by atoms with Crippen LogP contribution in [0.25, 0.3) is 22.8 Å². The first kappa shape index (κ1) is 26.4. The highest BCUT2D eigenvalue weighted by Crippen LogP contribution is 2.23. The second-order valence-electron chi connectivity index (χ2n) is 8.21. The van der Waals surface area contributed by atoms with Crippen molar-refractivity contribution in [2.45, 2.75) is 20.5 Å². The van der Waals surface area contributed by atoms with Gasteiger partial charge in [-0.05, 0) is 75.5 Å². The monoisotopic (exact) mass is 618 g/mol. The molecule has 0 spiro atoms. The van der Waals surface area contributed by atoms with Crippen molar-refractivity contribution < 1.29 is 4.74 Å². The molecule has 186 valence electrons. The van der Waals surface area contributed by atoms with Gasteiger partial charge in [-0.15, -0.1) is 0 Å². The average molecular weight is 620 g/mol. The summed E-state index contributed by atoms with van der Waals surface area (Å²) in [5, 5.41) is 0. The van der Waals surface area contributed by atoms with Crippen LogP contribution >= 0.6 is 31.9 Å². The first-order chi connectivity index (χ1) is 17.9. The van der Waals surface area contributed by atoms with Crippen molar-refractivity contribution in [1.29, 1.82) is 0 Å². The molecule has 0 aliphatic rings. The van der Waals surface area contributed by atoms with E-state index in [4.69, 9.17) is 4.74 Å². The molecule has 5 aromatic rings. The molecule has 4 heterocycles. The van der Waals surface area contributed by atoms with E-state index >= 15 is 0 Å². The van der Waals surface area contributed by atoms with Crippen LogP contribution in [0.1, 0.15) is 17.0 Å². The molecule has 0 atom stereocenters. The molecular formula is C29H24Br2N4O2. The molecule has 0 saturated heterocycles. The normalized spacial score (nSPS) is 10.4. The Hall–Kier alpha value is -3.62. The highest BCUT2D eigenvalue weighted by atomic mass is 79.9. The molecule has 0 fully saturated rings. The van der Waals surface area contributed by atoms with Crippen LogP contribution in [0.3, 0.4) is 0 Å². The molecule has 0 bridgehead atoms. The minimum Gasteiger partial charge on any atom is -0.489 e. The number of nitrogens with one attached hydrogen (secondary N) is 1. The molecule has 37 heavy (non-hydrogen) atoms. The van der Waals surface area contributed by atoms with Gasteiger partial charge in [-0.2, -0.15) is 0 Å². The van der Waals surface area contributed by atoms with Crippen molar-refractivity contribution in [1.82, 2.24) is 19.9 Å². The standard InChI is InChI=1S/C18H15BrN2O.C11H9BrN2O/c1-13-10-15(22-12-14-6-3-2-4-7-14)11-17(20-13)16-8-5-9-18(19)21-16;1-7-5-8(15)6-10(13-7)9-3-2-4-11(12)14-9/h2-11H,12H2,1H3;2-6H,1H3,(H,13,15). The Kier molecular flexibility index (Phi) is 8.98. The van der Waals surface area contributed by atoms with Crippen LogP contribution in [0.2, 0.25) is 0 Å². The number of aromatic amines is 1. The van der Waals surface area contributed by atoms with Crippen LogP contribution < -0.4 is 10.2 Å². The number of ether oxygens (including phenoxy) is 1. The number of hydrogen-bond donors (Lipinski definition) is 1. The molecule has 0 aliphatic carbocycles. The maximum absolute atomic E-state index is 11.3. The van der Waals surface area contributed by atoms with E-state index in [2.05, 4.69) is 51.8 Å². The van der Waals surface area contributed by atoms with E-state index in [0.29, 0.717) is 6.61 Å². The third-order valence-corrected chi connectivity index (χ3v) is 6.00. The molecule has 8 heteroatoms. The fourth-order valence-corrected chi connectivity index (χ4v) is 4.21. The van der Waals surface area contributed by atoms with E-state index in [-0.39, 0.29) is 5.43 Å². The van der Waals surface area contributed by atoms with E-state index in [9.17, 15) is 4.79 Å². The Labute approximate surface area is 232 Å². The number of aromatic nitrogens is 4. The summed E-state index contributed by atoms with van der Waals surface area (Å²) in [6.45, 7) is 4.34. The number of pyridine rings is 4. The van der Waals surface area contributed by atoms with Crippen molar-refractivity contribution in [3.05, 3.63) is 127 Å². The van der Waals surface area contributed by atoms with E-state index in [0.717, 1.165) is 54.7 Å². The highest BCUT2D eigenvalue weighted by Gasteiger charge is 2.06. The highest BCUT2D eigenvalue weighted by molar-refractivity contribution is 9.10. The molecule has 4 aromatic heterocycles. The summed E-state index contributed by atoms with van der Waals surface area (Å²) in [7, 11) is 0. The Bertz CT molecular complexity index is 1560. The van der Waals surface area contributed by atoms with Gasteiger partial charge in [0.25, 0.3) is 0 Å². The maximum atomic E-state index is 11.3. The van der Waals surface area contributed by atoms with Gasteiger partial charge in [-0.25, -0.2) is 9.97 Å². The zero-order chi connectivity index (χ0) is 26.2. The maximum Gasteiger partial charge on any atom is 0.182 e. The molecule has 0 amide bonds. The molecular weight excluding hydrogens is 596 g/mol. The Morgan fingerprint density at radius 2 is 1.41 bits per heavy atom. The lowest BCUT2D eigenvalue weighted by Crippen LogP contribution is -2.02.